The minimum absolute atomic E-state index is 0.0431. The summed E-state index contributed by atoms with van der Waals surface area (Å²) < 4.78 is 15.8. The summed E-state index contributed by atoms with van der Waals surface area (Å²) in [4.78, 5) is 12.9. The van der Waals surface area contributed by atoms with Crippen molar-refractivity contribution in [3.05, 3.63) is 41.5 Å². The summed E-state index contributed by atoms with van der Waals surface area (Å²) in [5, 5.41) is 33.1. The van der Waals surface area contributed by atoms with Crippen molar-refractivity contribution in [3.8, 4) is 11.5 Å². The molecule has 1 aromatic carbocycles. The second kappa shape index (κ2) is 11.0. The van der Waals surface area contributed by atoms with Crippen LogP contribution < -0.4 is 14.8 Å². The molecule has 2 unspecified atom stereocenters. The van der Waals surface area contributed by atoms with Crippen LogP contribution >= 0.6 is 0 Å². The van der Waals surface area contributed by atoms with Crippen molar-refractivity contribution < 1.29 is 34.3 Å². The van der Waals surface area contributed by atoms with Crippen LogP contribution in [0.15, 0.2) is 30.4 Å². The predicted octanol–water partition coefficient (Wildman–Crippen LogP) is 1.10. The summed E-state index contributed by atoms with van der Waals surface area (Å²) in [6, 6.07) is 3.28. The molecule has 0 saturated carbocycles. The van der Waals surface area contributed by atoms with E-state index in [1.165, 1.54) is 20.3 Å². The molecule has 1 heterocycles. The number of carbonyl (C=O) groups is 1. The van der Waals surface area contributed by atoms with Gasteiger partial charge in [-0.05, 0) is 24.0 Å². The Labute approximate surface area is 170 Å². The minimum Gasteiger partial charge on any atom is -0.497 e. The number of hydrogen-bond acceptors (Lipinski definition) is 7. The van der Waals surface area contributed by atoms with Crippen LogP contribution in [0.3, 0.4) is 0 Å². The number of carbonyl (C=O) groups excluding carboxylic acids is 1. The minimum atomic E-state index is -1.33. The number of amides is 1. The van der Waals surface area contributed by atoms with Gasteiger partial charge in [-0.1, -0.05) is 31.2 Å². The average Bonchev–Trinajstić information content (AvgIpc) is 2.72. The number of methoxy groups -OCH3 is 2. The molecule has 2 rings (SSSR count). The van der Waals surface area contributed by atoms with Crippen molar-refractivity contribution in [2.45, 2.75) is 31.7 Å². The average molecular weight is 407 g/mol. The molecule has 1 aliphatic heterocycles. The van der Waals surface area contributed by atoms with Gasteiger partial charge in [0, 0.05) is 19.7 Å². The molecule has 1 aromatic rings. The Morgan fingerprint density at radius 1 is 1.17 bits per heavy atom. The molecule has 0 fully saturated rings. The summed E-state index contributed by atoms with van der Waals surface area (Å²) in [5.74, 6) is 0.341. The highest BCUT2D eigenvalue weighted by Crippen LogP contribution is 2.30. The number of ether oxygens (including phenoxy) is 3. The van der Waals surface area contributed by atoms with E-state index in [1.807, 2.05) is 6.92 Å². The lowest BCUT2D eigenvalue weighted by atomic mass is 9.99. The smallest absolute Gasteiger partial charge is 0.255 e. The van der Waals surface area contributed by atoms with Crippen molar-refractivity contribution in [1.82, 2.24) is 5.32 Å². The maximum absolute atomic E-state index is 12.9. The predicted molar refractivity (Wildman–Crippen MR) is 108 cm³/mol. The number of aliphatic hydroxyl groups excluding tert-OH is 3. The third-order valence-electron chi connectivity index (χ3n) is 4.54. The van der Waals surface area contributed by atoms with Crippen LogP contribution in [-0.2, 0) is 4.74 Å². The number of fused-ring (bicyclic) bond motifs is 1. The molecule has 8 heteroatoms. The van der Waals surface area contributed by atoms with Crippen molar-refractivity contribution in [2.24, 2.45) is 5.92 Å². The zero-order valence-electron chi connectivity index (χ0n) is 16.9. The van der Waals surface area contributed by atoms with E-state index in [1.54, 1.807) is 30.4 Å². The van der Waals surface area contributed by atoms with Crippen LogP contribution in [0.4, 0.5) is 0 Å². The van der Waals surface area contributed by atoms with E-state index < -0.39 is 18.3 Å². The lowest BCUT2D eigenvalue weighted by molar-refractivity contribution is -0.0394. The Morgan fingerprint density at radius 2 is 1.93 bits per heavy atom. The first-order valence-electron chi connectivity index (χ1n) is 9.38. The van der Waals surface area contributed by atoms with E-state index in [4.69, 9.17) is 14.2 Å². The molecule has 4 N–H and O–H groups in total. The van der Waals surface area contributed by atoms with Gasteiger partial charge >= 0.3 is 0 Å². The summed E-state index contributed by atoms with van der Waals surface area (Å²) in [7, 11) is 2.98. The van der Waals surface area contributed by atoms with Gasteiger partial charge in [0.05, 0.1) is 18.8 Å². The largest absolute Gasteiger partial charge is 0.497 e. The monoisotopic (exact) mass is 407 g/mol. The van der Waals surface area contributed by atoms with E-state index in [0.717, 1.165) is 0 Å². The van der Waals surface area contributed by atoms with Gasteiger partial charge in [0.1, 0.15) is 23.7 Å². The molecule has 0 saturated heterocycles. The van der Waals surface area contributed by atoms with Gasteiger partial charge < -0.3 is 34.8 Å². The maximum Gasteiger partial charge on any atom is 0.255 e. The molecule has 8 nitrogen and oxygen atoms in total. The van der Waals surface area contributed by atoms with Gasteiger partial charge in [-0.25, -0.2) is 0 Å². The summed E-state index contributed by atoms with van der Waals surface area (Å²) in [6.07, 6.45) is 2.73. The number of aliphatic hydroxyl groups is 3. The highest BCUT2D eigenvalue weighted by Gasteiger charge is 2.23. The lowest BCUT2D eigenvalue weighted by Gasteiger charge is -2.21. The first-order chi connectivity index (χ1) is 13.9. The Balaban J connectivity index is 2.48. The zero-order valence-corrected chi connectivity index (χ0v) is 16.9. The molecule has 1 aliphatic rings. The molecule has 29 heavy (non-hydrogen) atoms. The molecule has 0 radical (unpaired) electrons. The van der Waals surface area contributed by atoms with E-state index in [-0.39, 0.29) is 25.0 Å². The van der Waals surface area contributed by atoms with E-state index in [9.17, 15) is 20.1 Å². The second-order valence-electron chi connectivity index (χ2n) is 6.90. The van der Waals surface area contributed by atoms with Gasteiger partial charge in [0.25, 0.3) is 5.91 Å². The van der Waals surface area contributed by atoms with E-state index in [0.29, 0.717) is 29.2 Å². The van der Waals surface area contributed by atoms with Gasteiger partial charge in [-0.15, -0.1) is 0 Å². The van der Waals surface area contributed by atoms with Crippen molar-refractivity contribution in [3.63, 3.8) is 0 Å². The molecule has 4 atom stereocenters. The van der Waals surface area contributed by atoms with E-state index in [2.05, 4.69) is 5.32 Å². The number of rotatable bonds is 4. The molecule has 0 bridgehead atoms. The third kappa shape index (κ3) is 6.30. The molecule has 0 spiro atoms. The number of hydrogen-bond donors (Lipinski definition) is 4. The standard InChI is InChI=1S/C21H29NO7/c1-13-7-8-17(24)20(25)16(23)6-4-5-14-9-15(28-3)10-18(29-12-27-2)19(14)21(26)22-11-13/h4-5,7-10,13,16-17,20,23-25H,6,11-12H2,1-3H3,(H,22,26)/t13-,16+,17?,20?/m1/s1. The maximum atomic E-state index is 12.9. The van der Waals surface area contributed by atoms with Gasteiger partial charge in [0.2, 0.25) is 0 Å². The third-order valence-corrected chi connectivity index (χ3v) is 4.54. The topological polar surface area (TPSA) is 117 Å². The molecular formula is C21H29NO7. The molecule has 1 amide bonds. The van der Waals surface area contributed by atoms with Gasteiger partial charge in [0.15, 0.2) is 6.79 Å². The van der Waals surface area contributed by atoms with Crippen LogP contribution in [0.1, 0.15) is 29.3 Å². The fraction of sp³-hybridized carbons (Fsp3) is 0.476. The van der Waals surface area contributed by atoms with Crippen LogP contribution in [0.5, 0.6) is 11.5 Å². The SMILES string of the molecule is COCOc1cc(OC)cc2c1C(=O)NC[C@H](C)C=CC(O)C(O)[C@@H](O)CC=C2. The Kier molecular flexibility index (Phi) is 8.66. The molecule has 160 valence electrons. The Hall–Kier alpha value is -2.39. The summed E-state index contributed by atoms with van der Waals surface area (Å²) in [6.45, 7) is 2.12. The zero-order chi connectivity index (χ0) is 21.4. The van der Waals surface area contributed by atoms with Crippen LogP contribution in [0.25, 0.3) is 6.08 Å². The quantitative estimate of drug-likeness (QED) is 0.436. The molecule has 0 aliphatic carbocycles. The van der Waals surface area contributed by atoms with Crippen molar-refractivity contribution in [2.75, 3.05) is 27.6 Å². The fourth-order valence-electron chi connectivity index (χ4n) is 2.87. The fourth-order valence-corrected chi connectivity index (χ4v) is 2.87. The lowest BCUT2D eigenvalue weighted by Crippen LogP contribution is -2.36. The summed E-state index contributed by atoms with van der Waals surface area (Å²) >= 11 is 0. The van der Waals surface area contributed by atoms with Crippen LogP contribution in [-0.4, -0.2) is 67.1 Å². The highest BCUT2D eigenvalue weighted by molar-refractivity contribution is 6.00. The number of benzene rings is 1. The first-order valence-corrected chi connectivity index (χ1v) is 9.38. The van der Waals surface area contributed by atoms with Crippen molar-refractivity contribution in [1.29, 1.82) is 0 Å². The van der Waals surface area contributed by atoms with E-state index >= 15 is 0 Å². The van der Waals surface area contributed by atoms with Crippen LogP contribution in [0.2, 0.25) is 0 Å². The van der Waals surface area contributed by atoms with Gasteiger partial charge in [-0.2, -0.15) is 0 Å². The summed E-state index contributed by atoms with van der Waals surface area (Å²) in [5.41, 5.74) is 0.831. The first kappa shape index (κ1) is 22.9. The van der Waals surface area contributed by atoms with Crippen LogP contribution in [0, 0.1) is 5.92 Å². The Bertz CT molecular complexity index is 747. The number of nitrogens with one attached hydrogen (secondary N) is 1. The molecule has 0 aromatic heterocycles. The van der Waals surface area contributed by atoms with Crippen molar-refractivity contribution >= 4 is 12.0 Å². The molecular weight excluding hydrogens is 378 g/mol. The van der Waals surface area contributed by atoms with Gasteiger partial charge in [-0.3, -0.25) is 4.79 Å². The normalized spacial score (nSPS) is 25.7. The second-order valence-corrected chi connectivity index (χ2v) is 6.90. The Morgan fingerprint density at radius 3 is 2.62 bits per heavy atom. The highest BCUT2D eigenvalue weighted by atomic mass is 16.7.